The van der Waals surface area contributed by atoms with Gasteiger partial charge in [0.05, 0.1) is 0 Å². The molecule has 2 nitrogen and oxygen atoms in total. The second kappa shape index (κ2) is 4.27. The van der Waals surface area contributed by atoms with Crippen LogP contribution in [0.3, 0.4) is 0 Å². The topological polar surface area (TPSA) is 32.6 Å². The average Bonchev–Trinajstić information content (AvgIpc) is 2.70. The monoisotopic (exact) mass is 189 g/mol. The minimum Gasteiger partial charge on any atom is -0.508 e. The number of hydrogen-bond donors (Lipinski definition) is 1. The molecule has 1 aliphatic rings. The van der Waals surface area contributed by atoms with Crippen molar-refractivity contribution < 1.29 is 5.11 Å². The molecule has 0 bridgehead atoms. The molecule has 14 heavy (non-hydrogen) atoms. The van der Waals surface area contributed by atoms with E-state index < -0.39 is 0 Å². The van der Waals surface area contributed by atoms with Crippen molar-refractivity contribution in [3.63, 3.8) is 0 Å². The van der Waals surface area contributed by atoms with E-state index in [1.807, 2.05) is 18.3 Å². The number of nitrogens with zero attached hydrogens (tertiary/aromatic N) is 1. The molecule has 0 aliphatic heterocycles. The van der Waals surface area contributed by atoms with E-state index in [1.54, 1.807) is 12.1 Å². The van der Waals surface area contributed by atoms with Crippen LogP contribution < -0.4 is 0 Å². The van der Waals surface area contributed by atoms with Gasteiger partial charge in [-0.25, -0.2) is 0 Å². The molecule has 1 N–H and O–H groups in total. The molecule has 0 aromatic heterocycles. The third kappa shape index (κ3) is 2.34. The van der Waals surface area contributed by atoms with E-state index >= 15 is 0 Å². The Bertz CT molecular complexity index is 310. The first-order valence-electron chi connectivity index (χ1n) is 5.17. The highest BCUT2D eigenvalue weighted by molar-refractivity contribution is 5.79. The summed E-state index contributed by atoms with van der Waals surface area (Å²) in [5.74, 6) is 0.308. The van der Waals surface area contributed by atoms with E-state index in [0.29, 0.717) is 11.8 Å². The van der Waals surface area contributed by atoms with Gasteiger partial charge in [0.1, 0.15) is 5.75 Å². The van der Waals surface area contributed by atoms with Gasteiger partial charge in [-0.2, -0.15) is 0 Å². The van der Waals surface area contributed by atoms with Crippen LogP contribution in [0.1, 0.15) is 31.2 Å². The molecule has 0 radical (unpaired) electrons. The predicted octanol–water partition coefficient (Wildman–Crippen LogP) is 2.75. The molecule has 0 heterocycles. The third-order valence-corrected chi connectivity index (χ3v) is 2.65. The number of aliphatic imine (C=N–C) groups is 1. The molecule has 0 spiro atoms. The van der Waals surface area contributed by atoms with Gasteiger partial charge in [-0.1, -0.05) is 12.8 Å². The number of phenolic OH excluding ortho intramolecular Hbond substituents is 1. The summed E-state index contributed by atoms with van der Waals surface area (Å²) in [7, 11) is 0. The summed E-state index contributed by atoms with van der Waals surface area (Å²) in [5, 5.41) is 9.09. The average molecular weight is 189 g/mol. The first-order valence-corrected chi connectivity index (χ1v) is 5.17. The van der Waals surface area contributed by atoms with Crippen molar-refractivity contribution in [1.82, 2.24) is 0 Å². The number of aromatic hydroxyl groups is 1. The second-order valence-electron chi connectivity index (χ2n) is 3.81. The van der Waals surface area contributed by atoms with E-state index in [0.717, 1.165) is 5.56 Å². The van der Waals surface area contributed by atoms with Crippen LogP contribution in [0.4, 0.5) is 0 Å². The van der Waals surface area contributed by atoms with Gasteiger partial charge >= 0.3 is 0 Å². The zero-order chi connectivity index (χ0) is 9.80. The Morgan fingerprint density at radius 2 is 1.79 bits per heavy atom. The zero-order valence-corrected chi connectivity index (χ0v) is 8.19. The lowest BCUT2D eigenvalue weighted by Gasteiger charge is -2.00. The van der Waals surface area contributed by atoms with E-state index in [2.05, 4.69) is 4.99 Å². The van der Waals surface area contributed by atoms with Gasteiger partial charge in [0, 0.05) is 12.3 Å². The molecule has 1 aliphatic carbocycles. The van der Waals surface area contributed by atoms with Crippen LogP contribution in [0.2, 0.25) is 0 Å². The van der Waals surface area contributed by atoms with Gasteiger partial charge in [0.2, 0.25) is 0 Å². The van der Waals surface area contributed by atoms with Crippen LogP contribution in [0.5, 0.6) is 5.75 Å². The lowest BCUT2D eigenvalue weighted by atomic mass is 10.2. The Labute approximate surface area is 84.3 Å². The van der Waals surface area contributed by atoms with Crippen molar-refractivity contribution in [2.75, 3.05) is 0 Å². The van der Waals surface area contributed by atoms with Gasteiger partial charge in [0.15, 0.2) is 0 Å². The summed E-state index contributed by atoms with van der Waals surface area (Å²) >= 11 is 0. The molecule has 2 heteroatoms. The van der Waals surface area contributed by atoms with Gasteiger partial charge in [-0.15, -0.1) is 0 Å². The van der Waals surface area contributed by atoms with Crippen molar-refractivity contribution in [2.45, 2.75) is 31.7 Å². The van der Waals surface area contributed by atoms with Gasteiger partial charge in [-0.3, -0.25) is 4.99 Å². The fraction of sp³-hybridized carbons (Fsp3) is 0.417. The highest BCUT2D eigenvalue weighted by atomic mass is 16.3. The van der Waals surface area contributed by atoms with Gasteiger partial charge in [0.25, 0.3) is 0 Å². The summed E-state index contributed by atoms with van der Waals surface area (Å²) in [5.41, 5.74) is 1.06. The molecule has 1 fully saturated rings. The van der Waals surface area contributed by atoms with E-state index in [1.165, 1.54) is 25.7 Å². The maximum Gasteiger partial charge on any atom is 0.115 e. The molecule has 0 saturated heterocycles. The Hall–Kier alpha value is -1.31. The van der Waals surface area contributed by atoms with Crippen molar-refractivity contribution >= 4 is 6.21 Å². The largest absolute Gasteiger partial charge is 0.508 e. The van der Waals surface area contributed by atoms with Crippen molar-refractivity contribution in [1.29, 1.82) is 0 Å². The highest BCUT2D eigenvalue weighted by Crippen LogP contribution is 2.20. The molecule has 1 saturated carbocycles. The second-order valence-corrected chi connectivity index (χ2v) is 3.81. The van der Waals surface area contributed by atoms with E-state index in [9.17, 15) is 0 Å². The number of benzene rings is 1. The zero-order valence-electron chi connectivity index (χ0n) is 8.19. The molecule has 74 valence electrons. The minimum absolute atomic E-state index is 0.308. The molecule has 2 rings (SSSR count). The minimum atomic E-state index is 0.308. The lowest BCUT2D eigenvalue weighted by molar-refractivity contribution is 0.475. The Morgan fingerprint density at radius 1 is 1.14 bits per heavy atom. The number of hydrogen-bond acceptors (Lipinski definition) is 2. The first kappa shape index (κ1) is 9.25. The Kier molecular flexibility index (Phi) is 2.82. The van der Waals surface area contributed by atoms with Crippen molar-refractivity contribution in [3.8, 4) is 5.75 Å². The Morgan fingerprint density at radius 3 is 2.43 bits per heavy atom. The van der Waals surface area contributed by atoms with Crippen LogP contribution in [0.15, 0.2) is 29.3 Å². The molecule has 1 aromatic rings. The Balaban J connectivity index is 1.99. The molecular formula is C12H15NO. The lowest BCUT2D eigenvalue weighted by Crippen LogP contribution is -1.96. The van der Waals surface area contributed by atoms with Gasteiger partial charge < -0.3 is 5.11 Å². The van der Waals surface area contributed by atoms with E-state index in [4.69, 9.17) is 5.11 Å². The molecule has 0 atom stereocenters. The van der Waals surface area contributed by atoms with Gasteiger partial charge in [-0.05, 0) is 42.7 Å². The summed E-state index contributed by atoms with van der Waals surface area (Å²) in [6.45, 7) is 0. The van der Waals surface area contributed by atoms with E-state index in [-0.39, 0.29) is 0 Å². The number of rotatable bonds is 2. The fourth-order valence-corrected chi connectivity index (χ4v) is 1.81. The number of phenols is 1. The molecule has 0 amide bonds. The van der Waals surface area contributed by atoms with Crippen LogP contribution in [-0.2, 0) is 0 Å². The quantitative estimate of drug-likeness (QED) is 0.713. The van der Waals surface area contributed by atoms with Crippen LogP contribution in [0.25, 0.3) is 0 Å². The smallest absolute Gasteiger partial charge is 0.115 e. The maximum absolute atomic E-state index is 9.09. The normalized spacial score (nSPS) is 18.0. The molecule has 0 unspecified atom stereocenters. The first-order chi connectivity index (χ1) is 6.84. The maximum atomic E-state index is 9.09. The predicted molar refractivity (Wildman–Crippen MR) is 58.0 cm³/mol. The van der Waals surface area contributed by atoms with Crippen molar-refractivity contribution in [2.24, 2.45) is 4.99 Å². The molecule has 1 aromatic carbocycles. The van der Waals surface area contributed by atoms with Crippen molar-refractivity contribution in [3.05, 3.63) is 29.8 Å². The molecular weight excluding hydrogens is 174 g/mol. The standard InChI is InChI=1S/C12H15NO/c14-12-7-5-10(6-8-12)9-13-11-3-1-2-4-11/h5-9,11,14H,1-4H2. The summed E-state index contributed by atoms with van der Waals surface area (Å²) < 4.78 is 0. The summed E-state index contributed by atoms with van der Waals surface area (Å²) in [4.78, 5) is 4.52. The van der Waals surface area contributed by atoms with Crippen LogP contribution in [0, 0.1) is 0 Å². The third-order valence-electron chi connectivity index (χ3n) is 2.65. The van der Waals surface area contributed by atoms with Crippen LogP contribution in [-0.4, -0.2) is 17.4 Å². The SMILES string of the molecule is Oc1ccc(C=NC2CCCC2)cc1. The highest BCUT2D eigenvalue weighted by Gasteiger charge is 2.11. The summed E-state index contributed by atoms with van der Waals surface area (Å²) in [6.07, 6.45) is 7.01. The fourth-order valence-electron chi connectivity index (χ4n) is 1.81. The van der Waals surface area contributed by atoms with Crippen LogP contribution >= 0.6 is 0 Å². The summed E-state index contributed by atoms with van der Waals surface area (Å²) in [6, 6.07) is 7.68.